The van der Waals surface area contributed by atoms with Gasteiger partial charge in [0, 0.05) is 31.0 Å². The van der Waals surface area contributed by atoms with Crippen LogP contribution in [0.2, 0.25) is 0 Å². The minimum atomic E-state index is -4.11. The second-order valence-electron chi connectivity index (χ2n) is 7.65. The molecule has 0 saturated heterocycles. The highest BCUT2D eigenvalue weighted by atomic mass is 32.2. The van der Waals surface area contributed by atoms with Gasteiger partial charge in [0.15, 0.2) is 29.5 Å². The average molecular weight is 555 g/mol. The Labute approximate surface area is 213 Å². The summed E-state index contributed by atoms with van der Waals surface area (Å²) in [6, 6.07) is 8.21. The normalized spacial score (nSPS) is 13.9. The molecule has 198 valence electrons. The summed E-state index contributed by atoms with van der Waals surface area (Å²) in [6.07, 6.45) is -0.967. The van der Waals surface area contributed by atoms with Gasteiger partial charge in [-0.15, -0.1) is 0 Å². The number of benzene rings is 2. The number of carbonyl (C=O) groups is 2. The minimum Gasteiger partial charge on any atom is -0.454 e. The van der Waals surface area contributed by atoms with Crippen molar-refractivity contribution >= 4 is 32.2 Å². The molecule has 1 aliphatic rings. The Morgan fingerprint density at radius 2 is 1.41 bits per heavy atom. The first kappa shape index (κ1) is 27.6. The molecule has 0 N–H and O–H groups in total. The summed E-state index contributed by atoms with van der Waals surface area (Å²) in [4.78, 5) is 23.6. The standard InChI is InChI=1S/C23H22O12S2/c1-14(24)32-19(16-5-8-21-23(11-16)31-13-30-21)9-10-20(33-15(2)25)18-7-6-17(34-36(3,26)27)12-22(18)35-37(4,28)29/h5-8,11-12,19-20H,13H2,1-4H3. The van der Waals surface area contributed by atoms with Gasteiger partial charge in [0.2, 0.25) is 6.79 Å². The van der Waals surface area contributed by atoms with Crippen LogP contribution in [0.5, 0.6) is 23.0 Å². The maximum atomic E-state index is 11.9. The predicted octanol–water partition coefficient (Wildman–Crippen LogP) is 2.00. The molecule has 1 heterocycles. The largest absolute Gasteiger partial charge is 0.454 e. The second-order valence-corrected chi connectivity index (χ2v) is 10.8. The van der Waals surface area contributed by atoms with Crippen molar-refractivity contribution < 1.29 is 53.7 Å². The van der Waals surface area contributed by atoms with Gasteiger partial charge >= 0.3 is 32.2 Å². The molecule has 14 heteroatoms. The molecule has 0 aliphatic carbocycles. The van der Waals surface area contributed by atoms with Gasteiger partial charge in [0.25, 0.3) is 0 Å². The van der Waals surface area contributed by atoms with Gasteiger partial charge in [0.05, 0.1) is 12.5 Å². The topological polar surface area (TPSA) is 158 Å². The van der Waals surface area contributed by atoms with Crippen LogP contribution in [0.1, 0.15) is 37.2 Å². The van der Waals surface area contributed by atoms with E-state index in [1.54, 1.807) is 18.2 Å². The molecule has 3 rings (SSSR count). The highest BCUT2D eigenvalue weighted by Gasteiger charge is 2.23. The average Bonchev–Trinajstić information content (AvgIpc) is 3.21. The van der Waals surface area contributed by atoms with Crippen LogP contribution in [0.15, 0.2) is 36.4 Å². The Morgan fingerprint density at radius 1 is 0.811 bits per heavy atom. The van der Waals surface area contributed by atoms with E-state index in [4.69, 9.17) is 27.3 Å². The molecule has 0 saturated carbocycles. The third-order valence-electron chi connectivity index (χ3n) is 4.37. The summed E-state index contributed by atoms with van der Waals surface area (Å²) in [5.41, 5.74) is 0.388. The van der Waals surface area contributed by atoms with E-state index in [9.17, 15) is 26.4 Å². The highest BCUT2D eigenvalue weighted by molar-refractivity contribution is 7.86. The summed E-state index contributed by atoms with van der Waals surface area (Å²) in [5.74, 6) is 4.21. The lowest BCUT2D eigenvalue weighted by atomic mass is 10.1. The van der Waals surface area contributed by atoms with Crippen molar-refractivity contribution in [2.45, 2.75) is 26.1 Å². The molecular formula is C23H22O12S2. The van der Waals surface area contributed by atoms with Crippen molar-refractivity contribution in [1.29, 1.82) is 0 Å². The van der Waals surface area contributed by atoms with Crippen molar-refractivity contribution in [3.63, 3.8) is 0 Å². The lowest BCUT2D eigenvalue weighted by Gasteiger charge is -2.17. The van der Waals surface area contributed by atoms with Crippen molar-refractivity contribution in [2.75, 3.05) is 19.3 Å². The first-order chi connectivity index (χ1) is 17.2. The van der Waals surface area contributed by atoms with E-state index in [2.05, 4.69) is 11.8 Å². The van der Waals surface area contributed by atoms with Crippen LogP contribution in [0.25, 0.3) is 0 Å². The molecule has 2 atom stereocenters. The molecule has 12 nitrogen and oxygen atoms in total. The van der Waals surface area contributed by atoms with E-state index in [0.717, 1.165) is 25.5 Å². The van der Waals surface area contributed by atoms with Crippen LogP contribution in [-0.4, -0.2) is 48.1 Å². The number of hydrogen-bond donors (Lipinski definition) is 0. The van der Waals surface area contributed by atoms with E-state index in [0.29, 0.717) is 17.1 Å². The number of ether oxygens (including phenoxy) is 4. The first-order valence-corrected chi connectivity index (χ1v) is 14.0. The lowest BCUT2D eigenvalue weighted by Crippen LogP contribution is -2.13. The minimum absolute atomic E-state index is 0.0272. The summed E-state index contributed by atoms with van der Waals surface area (Å²) >= 11 is 0. The van der Waals surface area contributed by atoms with Crippen LogP contribution in [0.4, 0.5) is 0 Å². The summed E-state index contributed by atoms with van der Waals surface area (Å²) in [6.45, 7) is 2.32. The molecule has 2 unspecified atom stereocenters. The zero-order chi connectivity index (χ0) is 27.4. The van der Waals surface area contributed by atoms with Gasteiger partial charge in [0.1, 0.15) is 5.75 Å². The van der Waals surface area contributed by atoms with Gasteiger partial charge in [-0.2, -0.15) is 16.8 Å². The van der Waals surface area contributed by atoms with Gasteiger partial charge in [-0.25, -0.2) is 0 Å². The molecule has 2 aromatic carbocycles. The fourth-order valence-electron chi connectivity index (χ4n) is 3.10. The maximum absolute atomic E-state index is 11.9. The molecule has 0 amide bonds. The smallest absolute Gasteiger partial charge is 0.306 e. The molecule has 0 radical (unpaired) electrons. The highest BCUT2D eigenvalue weighted by Crippen LogP contribution is 2.36. The van der Waals surface area contributed by atoms with E-state index < -0.39 is 50.1 Å². The first-order valence-electron chi connectivity index (χ1n) is 10.4. The van der Waals surface area contributed by atoms with Gasteiger partial charge in [-0.1, -0.05) is 6.07 Å². The third-order valence-corrected chi connectivity index (χ3v) is 5.35. The Kier molecular flexibility index (Phi) is 8.19. The van der Waals surface area contributed by atoms with Gasteiger partial charge in [-0.3, -0.25) is 9.59 Å². The summed E-state index contributed by atoms with van der Waals surface area (Å²) in [7, 11) is -8.05. The fourth-order valence-corrected chi connectivity index (χ4v) is 4.03. The number of rotatable bonds is 8. The SMILES string of the molecule is CC(=O)OC(C#CC(OC(C)=O)c1ccc(OS(C)(=O)=O)cc1OS(C)(=O)=O)c1ccc2c(c1)OCO2. The molecule has 1 aliphatic heterocycles. The van der Waals surface area contributed by atoms with Crippen molar-refractivity contribution in [3.05, 3.63) is 47.5 Å². The molecule has 37 heavy (non-hydrogen) atoms. The van der Waals surface area contributed by atoms with Crippen molar-refractivity contribution in [1.82, 2.24) is 0 Å². The molecular weight excluding hydrogens is 532 g/mol. The summed E-state index contributed by atoms with van der Waals surface area (Å²) < 4.78 is 77.7. The van der Waals surface area contributed by atoms with Gasteiger partial charge in [-0.05, 0) is 36.1 Å². The van der Waals surface area contributed by atoms with Crippen molar-refractivity contribution in [3.8, 4) is 34.8 Å². The van der Waals surface area contributed by atoms with Crippen LogP contribution in [0, 0.1) is 11.8 Å². The molecule has 0 spiro atoms. The molecule has 0 fully saturated rings. The number of hydrogen-bond acceptors (Lipinski definition) is 12. The van der Waals surface area contributed by atoms with E-state index in [-0.39, 0.29) is 18.1 Å². The Bertz CT molecular complexity index is 1480. The van der Waals surface area contributed by atoms with E-state index >= 15 is 0 Å². The number of carbonyl (C=O) groups excluding carboxylic acids is 2. The fraction of sp³-hybridized carbons (Fsp3) is 0.304. The molecule has 0 bridgehead atoms. The Balaban J connectivity index is 2.07. The monoisotopic (exact) mass is 554 g/mol. The van der Waals surface area contributed by atoms with Crippen LogP contribution in [0.3, 0.4) is 0 Å². The second kappa shape index (κ2) is 11.0. The Morgan fingerprint density at radius 3 is 2.03 bits per heavy atom. The van der Waals surface area contributed by atoms with Crippen LogP contribution < -0.4 is 17.8 Å². The number of fused-ring (bicyclic) bond motifs is 1. The zero-order valence-corrected chi connectivity index (χ0v) is 21.7. The molecule has 2 aromatic rings. The van der Waals surface area contributed by atoms with E-state index in [1.807, 2.05) is 0 Å². The molecule has 0 aromatic heterocycles. The van der Waals surface area contributed by atoms with E-state index in [1.165, 1.54) is 19.1 Å². The Hall–Kier alpha value is -3.96. The lowest BCUT2D eigenvalue weighted by molar-refractivity contribution is -0.145. The third kappa shape index (κ3) is 8.29. The predicted molar refractivity (Wildman–Crippen MR) is 127 cm³/mol. The van der Waals surface area contributed by atoms with Crippen LogP contribution >= 0.6 is 0 Å². The van der Waals surface area contributed by atoms with Gasteiger partial charge < -0.3 is 27.3 Å². The zero-order valence-electron chi connectivity index (χ0n) is 20.0. The maximum Gasteiger partial charge on any atom is 0.306 e. The van der Waals surface area contributed by atoms with Crippen LogP contribution in [-0.2, 0) is 39.3 Å². The van der Waals surface area contributed by atoms with Crippen molar-refractivity contribution in [2.24, 2.45) is 0 Å². The quantitative estimate of drug-likeness (QED) is 0.266. The number of esters is 2. The summed E-state index contributed by atoms with van der Waals surface area (Å²) in [5, 5.41) is 0.